The molecule has 0 aliphatic heterocycles. The highest BCUT2D eigenvalue weighted by atomic mass is 16.5. The van der Waals surface area contributed by atoms with Crippen LogP contribution in [0.5, 0.6) is 0 Å². The topological polar surface area (TPSA) is 105 Å². The molecule has 0 aromatic rings. The highest BCUT2D eigenvalue weighted by molar-refractivity contribution is 5.83. The minimum absolute atomic E-state index is 0.00600. The van der Waals surface area contributed by atoms with Gasteiger partial charge >= 0.3 is 18.0 Å². The molecule has 4 atom stereocenters. The molecule has 1 fully saturated rings. The molecule has 1 aliphatic carbocycles. The van der Waals surface area contributed by atoms with Gasteiger partial charge in [0.1, 0.15) is 6.04 Å². The molecule has 0 aromatic carbocycles. The van der Waals surface area contributed by atoms with Gasteiger partial charge in [0.15, 0.2) is 0 Å². The van der Waals surface area contributed by atoms with Crippen LogP contribution in [0.3, 0.4) is 0 Å². The molecule has 1 rings (SSSR count). The quantitative estimate of drug-likeness (QED) is 0.638. The summed E-state index contributed by atoms with van der Waals surface area (Å²) in [6.07, 6.45) is 1.91. The first-order valence-electron chi connectivity index (χ1n) is 7.21. The standard InChI is InChI=1S/C14H24N2O5/c1-8-4-5-10(9(8)2)15-14(20)16-11(13(18)19)6-7-12(17)21-3/h8-11H,4-7H2,1-3H3,(H,18,19)(H2,15,16,20)/t8?,9?,10?,11-/m0/s1. The molecule has 1 aliphatic rings. The van der Waals surface area contributed by atoms with Crippen LogP contribution in [0.1, 0.15) is 39.5 Å². The van der Waals surface area contributed by atoms with Crippen molar-refractivity contribution in [1.82, 2.24) is 10.6 Å². The van der Waals surface area contributed by atoms with Gasteiger partial charge in [-0.2, -0.15) is 0 Å². The van der Waals surface area contributed by atoms with Gasteiger partial charge in [0.25, 0.3) is 0 Å². The van der Waals surface area contributed by atoms with Gasteiger partial charge in [-0.1, -0.05) is 13.8 Å². The van der Waals surface area contributed by atoms with Crippen molar-refractivity contribution in [3.05, 3.63) is 0 Å². The third kappa shape index (κ3) is 5.24. The number of carboxylic acids is 1. The lowest BCUT2D eigenvalue weighted by Crippen LogP contribution is -2.49. The smallest absolute Gasteiger partial charge is 0.326 e. The first-order valence-corrected chi connectivity index (χ1v) is 7.21. The van der Waals surface area contributed by atoms with E-state index in [2.05, 4.69) is 29.2 Å². The third-order valence-corrected chi connectivity index (χ3v) is 4.25. The Morgan fingerprint density at radius 2 is 1.95 bits per heavy atom. The molecule has 1 saturated carbocycles. The van der Waals surface area contributed by atoms with Crippen molar-refractivity contribution in [1.29, 1.82) is 0 Å². The Hall–Kier alpha value is -1.79. The largest absolute Gasteiger partial charge is 0.480 e. The summed E-state index contributed by atoms with van der Waals surface area (Å²) >= 11 is 0. The molecular formula is C14H24N2O5. The van der Waals surface area contributed by atoms with Crippen LogP contribution in [0.25, 0.3) is 0 Å². The molecule has 120 valence electrons. The van der Waals surface area contributed by atoms with E-state index in [0.717, 1.165) is 12.8 Å². The maximum atomic E-state index is 11.9. The average Bonchev–Trinajstić information content (AvgIpc) is 2.74. The number of carbonyl (C=O) groups is 3. The number of rotatable bonds is 6. The predicted molar refractivity (Wildman–Crippen MR) is 75.7 cm³/mol. The Morgan fingerprint density at radius 1 is 1.29 bits per heavy atom. The summed E-state index contributed by atoms with van der Waals surface area (Å²) in [4.78, 5) is 34.0. The summed E-state index contributed by atoms with van der Waals surface area (Å²) in [5.74, 6) is -0.748. The molecule has 3 N–H and O–H groups in total. The molecular weight excluding hydrogens is 276 g/mol. The minimum atomic E-state index is -1.16. The van der Waals surface area contributed by atoms with Crippen LogP contribution in [0, 0.1) is 11.8 Å². The number of ether oxygens (including phenoxy) is 1. The number of amides is 2. The van der Waals surface area contributed by atoms with E-state index in [1.807, 2.05) is 0 Å². The number of carbonyl (C=O) groups excluding carboxylic acids is 2. The zero-order valence-electron chi connectivity index (χ0n) is 12.7. The van der Waals surface area contributed by atoms with Crippen molar-refractivity contribution < 1.29 is 24.2 Å². The molecule has 0 heterocycles. The van der Waals surface area contributed by atoms with Crippen molar-refractivity contribution in [2.24, 2.45) is 11.8 Å². The van der Waals surface area contributed by atoms with Gasteiger partial charge in [-0.15, -0.1) is 0 Å². The SMILES string of the molecule is COC(=O)CC[C@H](NC(=O)NC1CCC(C)C1C)C(=O)O. The first-order chi connectivity index (χ1) is 9.85. The van der Waals surface area contributed by atoms with Gasteiger partial charge in [0.2, 0.25) is 0 Å². The fourth-order valence-corrected chi connectivity index (χ4v) is 2.56. The highest BCUT2D eigenvalue weighted by Gasteiger charge is 2.31. The number of aliphatic carboxylic acids is 1. The van der Waals surface area contributed by atoms with E-state index < -0.39 is 24.0 Å². The van der Waals surface area contributed by atoms with Crippen LogP contribution in [0.2, 0.25) is 0 Å². The number of urea groups is 1. The summed E-state index contributed by atoms with van der Waals surface area (Å²) < 4.78 is 4.46. The van der Waals surface area contributed by atoms with Gasteiger partial charge in [0, 0.05) is 12.5 Å². The van der Waals surface area contributed by atoms with Gasteiger partial charge < -0.3 is 20.5 Å². The van der Waals surface area contributed by atoms with Crippen LogP contribution >= 0.6 is 0 Å². The van der Waals surface area contributed by atoms with Gasteiger partial charge in [-0.25, -0.2) is 9.59 Å². The molecule has 0 radical (unpaired) electrons. The molecule has 2 amide bonds. The molecule has 0 bridgehead atoms. The van der Waals surface area contributed by atoms with Crippen molar-refractivity contribution in [2.45, 2.75) is 51.6 Å². The number of esters is 1. The van der Waals surface area contributed by atoms with E-state index in [1.165, 1.54) is 7.11 Å². The number of carboxylic acid groups (broad SMARTS) is 1. The zero-order valence-corrected chi connectivity index (χ0v) is 12.7. The van der Waals surface area contributed by atoms with Crippen LogP contribution in [0.15, 0.2) is 0 Å². The van der Waals surface area contributed by atoms with E-state index in [9.17, 15) is 14.4 Å². The van der Waals surface area contributed by atoms with E-state index in [1.54, 1.807) is 0 Å². The highest BCUT2D eigenvalue weighted by Crippen LogP contribution is 2.30. The van der Waals surface area contributed by atoms with Crippen molar-refractivity contribution in [3.63, 3.8) is 0 Å². The third-order valence-electron chi connectivity index (χ3n) is 4.25. The minimum Gasteiger partial charge on any atom is -0.480 e. The first kappa shape index (κ1) is 17.3. The van der Waals surface area contributed by atoms with Crippen LogP contribution in [-0.4, -0.2) is 42.3 Å². The van der Waals surface area contributed by atoms with Gasteiger partial charge in [0.05, 0.1) is 7.11 Å². The number of methoxy groups -OCH3 is 1. The van der Waals surface area contributed by atoms with Crippen LogP contribution in [0.4, 0.5) is 4.79 Å². The zero-order chi connectivity index (χ0) is 16.0. The Balaban J connectivity index is 2.45. The lowest BCUT2D eigenvalue weighted by atomic mass is 9.98. The van der Waals surface area contributed by atoms with Crippen LogP contribution < -0.4 is 10.6 Å². The Bertz CT molecular complexity index is 399. The number of hydrogen-bond acceptors (Lipinski definition) is 4. The Kier molecular flexibility index (Phi) is 6.45. The Labute approximate surface area is 124 Å². The second-order valence-corrected chi connectivity index (χ2v) is 5.64. The van der Waals surface area contributed by atoms with E-state index in [4.69, 9.17) is 5.11 Å². The van der Waals surface area contributed by atoms with Gasteiger partial charge in [-0.3, -0.25) is 4.79 Å². The van der Waals surface area contributed by atoms with E-state index in [-0.39, 0.29) is 18.9 Å². The summed E-state index contributed by atoms with van der Waals surface area (Å²) in [5.41, 5.74) is 0. The maximum absolute atomic E-state index is 11.9. The molecule has 7 heteroatoms. The lowest BCUT2D eigenvalue weighted by Gasteiger charge is -2.21. The molecule has 3 unspecified atom stereocenters. The average molecular weight is 300 g/mol. The maximum Gasteiger partial charge on any atom is 0.326 e. The summed E-state index contributed by atoms with van der Waals surface area (Å²) in [6.45, 7) is 4.22. The fourth-order valence-electron chi connectivity index (χ4n) is 2.56. The second-order valence-electron chi connectivity index (χ2n) is 5.64. The Morgan fingerprint density at radius 3 is 2.43 bits per heavy atom. The monoisotopic (exact) mass is 300 g/mol. The predicted octanol–water partition coefficient (Wildman–Crippen LogP) is 1.13. The molecule has 7 nitrogen and oxygen atoms in total. The summed E-state index contributed by atoms with van der Waals surface area (Å²) in [7, 11) is 1.24. The molecule has 0 saturated heterocycles. The van der Waals surface area contributed by atoms with E-state index in [0.29, 0.717) is 11.8 Å². The van der Waals surface area contributed by atoms with Crippen molar-refractivity contribution in [2.75, 3.05) is 7.11 Å². The van der Waals surface area contributed by atoms with Crippen LogP contribution in [-0.2, 0) is 14.3 Å². The van der Waals surface area contributed by atoms with E-state index >= 15 is 0 Å². The second kappa shape index (κ2) is 7.85. The number of hydrogen-bond donors (Lipinski definition) is 3. The van der Waals surface area contributed by atoms with Crippen molar-refractivity contribution in [3.8, 4) is 0 Å². The van der Waals surface area contributed by atoms with Crippen molar-refractivity contribution >= 4 is 18.0 Å². The lowest BCUT2D eigenvalue weighted by molar-refractivity contribution is -0.142. The normalized spacial score (nSPS) is 26.0. The molecule has 0 spiro atoms. The van der Waals surface area contributed by atoms with Gasteiger partial charge in [-0.05, 0) is 31.1 Å². The fraction of sp³-hybridized carbons (Fsp3) is 0.786. The molecule has 21 heavy (non-hydrogen) atoms. The summed E-state index contributed by atoms with van der Waals surface area (Å²) in [5, 5.41) is 14.3. The number of nitrogens with one attached hydrogen (secondary N) is 2. The summed E-state index contributed by atoms with van der Waals surface area (Å²) in [6, 6.07) is -1.54. The molecule has 0 aromatic heterocycles.